The van der Waals surface area contributed by atoms with Crippen LogP contribution in [-0.2, 0) is 14.6 Å². The Hall–Kier alpha value is -2.22. The van der Waals surface area contributed by atoms with Crippen LogP contribution in [0.2, 0.25) is 0 Å². The Balaban J connectivity index is 1.82. The van der Waals surface area contributed by atoms with Crippen molar-refractivity contribution in [3.63, 3.8) is 0 Å². The lowest BCUT2D eigenvalue weighted by Gasteiger charge is -2.31. The number of carbonyl (C=O) groups is 3. The Labute approximate surface area is 165 Å². The quantitative estimate of drug-likeness (QED) is 0.726. The minimum Gasteiger partial charge on any atom is -0.352 e. The van der Waals surface area contributed by atoms with E-state index in [-0.39, 0.29) is 29.3 Å². The van der Waals surface area contributed by atoms with Crippen LogP contribution in [0.3, 0.4) is 0 Å². The zero-order valence-corrected chi connectivity index (χ0v) is 17.0. The van der Waals surface area contributed by atoms with Gasteiger partial charge in [-0.15, -0.1) is 0 Å². The first-order chi connectivity index (χ1) is 13.2. The Morgan fingerprint density at radius 1 is 1.11 bits per heavy atom. The highest BCUT2D eigenvalue weighted by Crippen LogP contribution is 2.27. The van der Waals surface area contributed by atoms with Crippen LogP contribution in [0.4, 0.5) is 0 Å². The molecule has 7 nitrogen and oxygen atoms in total. The molecular weight excluding hydrogens is 380 g/mol. The molecule has 0 bridgehead atoms. The van der Waals surface area contributed by atoms with Gasteiger partial charge in [-0.3, -0.25) is 19.3 Å². The van der Waals surface area contributed by atoms with Crippen LogP contribution in [0.25, 0.3) is 0 Å². The van der Waals surface area contributed by atoms with Gasteiger partial charge < -0.3 is 5.32 Å². The highest BCUT2D eigenvalue weighted by atomic mass is 32.2. The lowest BCUT2D eigenvalue weighted by Crippen LogP contribution is -2.52. The molecule has 1 aliphatic heterocycles. The van der Waals surface area contributed by atoms with Crippen LogP contribution in [-0.4, -0.2) is 55.1 Å². The van der Waals surface area contributed by atoms with Gasteiger partial charge in [0.1, 0.15) is 15.9 Å². The second-order valence-corrected chi connectivity index (χ2v) is 10.2. The van der Waals surface area contributed by atoms with Crippen molar-refractivity contribution in [3.8, 4) is 0 Å². The van der Waals surface area contributed by atoms with E-state index in [1.165, 1.54) is 0 Å². The molecule has 2 aliphatic rings. The average Bonchev–Trinajstić information content (AvgIpc) is 2.88. The van der Waals surface area contributed by atoms with Gasteiger partial charge in [-0.05, 0) is 50.2 Å². The molecule has 1 N–H and O–H groups in total. The van der Waals surface area contributed by atoms with Gasteiger partial charge in [0.15, 0.2) is 0 Å². The monoisotopic (exact) mass is 406 g/mol. The fourth-order valence-corrected chi connectivity index (χ4v) is 4.55. The molecule has 1 aromatic rings. The smallest absolute Gasteiger partial charge is 0.262 e. The predicted octanol–water partition coefficient (Wildman–Crippen LogP) is 1.78. The number of nitrogens with zero attached hydrogens (tertiary/aromatic N) is 1. The van der Waals surface area contributed by atoms with Gasteiger partial charge in [-0.2, -0.15) is 0 Å². The minimum absolute atomic E-state index is 0.0142. The number of fused-ring (bicyclic) bond motifs is 1. The second-order valence-electron chi connectivity index (χ2n) is 7.93. The average molecular weight is 407 g/mol. The summed E-state index contributed by atoms with van der Waals surface area (Å²) >= 11 is 0. The van der Waals surface area contributed by atoms with E-state index < -0.39 is 33.6 Å². The third kappa shape index (κ3) is 4.43. The van der Waals surface area contributed by atoms with Crippen molar-refractivity contribution in [2.45, 2.75) is 51.1 Å². The van der Waals surface area contributed by atoms with Crippen LogP contribution in [0.1, 0.15) is 59.7 Å². The molecule has 1 atom stereocenters. The number of hydrogen-bond donors (Lipinski definition) is 1. The highest BCUT2D eigenvalue weighted by molar-refractivity contribution is 7.90. The summed E-state index contributed by atoms with van der Waals surface area (Å²) in [6.07, 6.45) is 4.66. The van der Waals surface area contributed by atoms with E-state index in [0.29, 0.717) is 5.92 Å². The molecule has 1 heterocycles. The number of hydrogen-bond acceptors (Lipinski definition) is 5. The molecule has 28 heavy (non-hydrogen) atoms. The Morgan fingerprint density at radius 3 is 2.14 bits per heavy atom. The van der Waals surface area contributed by atoms with E-state index in [9.17, 15) is 22.8 Å². The van der Waals surface area contributed by atoms with Gasteiger partial charge in [0.05, 0.1) is 16.9 Å². The summed E-state index contributed by atoms with van der Waals surface area (Å²) in [5.74, 6) is -1.22. The van der Waals surface area contributed by atoms with Crippen molar-refractivity contribution in [2.75, 3.05) is 12.0 Å². The van der Waals surface area contributed by atoms with Crippen LogP contribution in [0.15, 0.2) is 24.3 Å². The van der Waals surface area contributed by atoms with E-state index in [2.05, 4.69) is 12.2 Å². The van der Waals surface area contributed by atoms with Crippen molar-refractivity contribution >= 4 is 27.6 Å². The third-order valence-electron chi connectivity index (χ3n) is 5.56. The van der Waals surface area contributed by atoms with E-state index in [1.807, 2.05) is 0 Å². The lowest BCUT2D eigenvalue weighted by atomic mass is 9.87. The van der Waals surface area contributed by atoms with Gasteiger partial charge >= 0.3 is 0 Å². The lowest BCUT2D eigenvalue weighted by molar-refractivity contribution is -0.126. The van der Waals surface area contributed by atoms with Crippen molar-refractivity contribution in [2.24, 2.45) is 5.92 Å². The van der Waals surface area contributed by atoms with E-state index in [1.54, 1.807) is 24.3 Å². The zero-order valence-electron chi connectivity index (χ0n) is 16.2. The number of imide groups is 1. The molecule has 1 saturated carbocycles. The van der Waals surface area contributed by atoms with Crippen molar-refractivity contribution in [1.82, 2.24) is 10.2 Å². The molecule has 0 unspecified atom stereocenters. The first-order valence-corrected chi connectivity index (χ1v) is 11.7. The summed E-state index contributed by atoms with van der Waals surface area (Å²) in [4.78, 5) is 39.5. The summed E-state index contributed by atoms with van der Waals surface area (Å²) in [6.45, 7) is 2.17. The standard InChI is InChI=1S/C20H26N2O5S/c1-13-7-9-14(10-8-13)21-18(23)17(11-12-28(2,26)27)22-19(24)15-5-3-4-6-16(15)20(22)25/h3-6,13-14,17H,7-12H2,1-2H3,(H,21,23)/t13?,14?,17-/m0/s1. The van der Waals surface area contributed by atoms with Gasteiger partial charge in [0.25, 0.3) is 11.8 Å². The largest absolute Gasteiger partial charge is 0.352 e. The van der Waals surface area contributed by atoms with E-state index in [4.69, 9.17) is 0 Å². The Kier molecular flexibility index (Phi) is 5.88. The van der Waals surface area contributed by atoms with Crippen LogP contribution in [0, 0.1) is 5.92 Å². The predicted molar refractivity (Wildman–Crippen MR) is 105 cm³/mol. The first-order valence-electron chi connectivity index (χ1n) is 9.62. The molecule has 0 radical (unpaired) electrons. The fourth-order valence-electron chi connectivity index (χ4n) is 3.90. The second kappa shape index (κ2) is 8.03. The third-order valence-corrected chi connectivity index (χ3v) is 6.54. The molecule has 8 heteroatoms. The number of benzene rings is 1. The number of amides is 3. The summed E-state index contributed by atoms with van der Waals surface area (Å²) in [5.41, 5.74) is 0.493. The van der Waals surface area contributed by atoms with E-state index in [0.717, 1.165) is 36.8 Å². The number of nitrogens with one attached hydrogen (secondary N) is 1. The zero-order chi connectivity index (χ0) is 20.5. The summed E-state index contributed by atoms with van der Waals surface area (Å²) in [6, 6.07) is 5.25. The van der Waals surface area contributed by atoms with Crippen molar-refractivity contribution < 1.29 is 22.8 Å². The maximum atomic E-state index is 13.0. The van der Waals surface area contributed by atoms with Gasteiger partial charge in [0, 0.05) is 12.3 Å². The van der Waals surface area contributed by atoms with Crippen molar-refractivity contribution in [1.29, 1.82) is 0 Å². The Bertz CT molecular complexity index is 853. The molecule has 152 valence electrons. The highest BCUT2D eigenvalue weighted by Gasteiger charge is 2.43. The topological polar surface area (TPSA) is 101 Å². The normalized spacial score (nSPS) is 23.4. The van der Waals surface area contributed by atoms with E-state index >= 15 is 0 Å². The van der Waals surface area contributed by atoms with Gasteiger partial charge in [-0.1, -0.05) is 19.1 Å². The molecule has 1 aromatic carbocycles. The number of carbonyl (C=O) groups excluding carboxylic acids is 3. The summed E-state index contributed by atoms with van der Waals surface area (Å²) in [7, 11) is -3.35. The first kappa shape index (κ1) is 20.5. The maximum Gasteiger partial charge on any atom is 0.262 e. The molecule has 3 rings (SSSR count). The van der Waals surface area contributed by atoms with Crippen LogP contribution >= 0.6 is 0 Å². The van der Waals surface area contributed by atoms with Crippen LogP contribution in [0.5, 0.6) is 0 Å². The molecule has 0 saturated heterocycles. The van der Waals surface area contributed by atoms with Gasteiger partial charge in [0.2, 0.25) is 5.91 Å². The van der Waals surface area contributed by atoms with Crippen LogP contribution < -0.4 is 5.32 Å². The molecule has 0 spiro atoms. The number of sulfone groups is 1. The van der Waals surface area contributed by atoms with Gasteiger partial charge in [-0.25, -0.2) is 8.42 Å². The Morgan fingerprint density at radius 2 is 1.64 bits per heavy atom. The number of rotatable bonds is 6. The maximum absolute atomic E-state index is 13.0. The molecule has 3 amide bonds. The summed E-state index contributed by atoms with van der Waals surface area (Å²) < 4.78 is 23.3. The molecular formula is C20H26N2O5S. The molecule has 0 aromatic heterocycles. The minimum atomic E-state index is -3.35. The molecule has 1 aliphatic carbocycles. The van der Waals surface area contributed by atoms with Crippen molar-refractivity contribution in [3.05, 3.63) is 35.4 Å². The fraction of sp³-hybridized carbons (Fsp3) is 0.550. The summed E-state index contributed by atoms with van der Waals surface area (Å²) in [5, 5.41) is 2.94. The molecule has 1 fully saturated rings. The SMILES string of the molecule is CC1CCC(NC(=O)[C@H](CCS(C)(=O)=O)N2C(=O)c3ccccc3C2=O)CC1.